The van der Waals surface area contributed by atoms with Gasteiger partial charge < -0.3 is 19.5 Å². The number of aliphatic carboxylic acids is 1. The Balaban J connectivity index is 0.000000795. The first-order valence-corrected chi connectivity index (χ1v) is 11.8. The standard InChI is InChI=1S/C28H31N2O.C2H4O2/c1-6-31-24-18-16-23(17-19-24)29(4)22-14-11-21(12-15-22)13-20-27-28(2,3)25-9-7-8-10-26(25)30(27)5;1-2(3)4/h7-20H,6H2,1-5H3;1H3,(H,3,4)/q+1;/p-1. The van der Waals surface area contributed by atoms with Gasteiger partial charge in [-0.25, -0.2) is 0 Å². The highest BCUT2D eigenvalue weighted by atomic mass is 16.5. The smallest absolute Gasteiger partial charge is 0.209 e. The molecule has 0 unspecified atom stereocenters. The highest BCUT2D eigenvalue weighted by Gasteiger charge is 2.42. The van der Waals surface area contributed by atoms with Gasteiger partial charge in [0.05, 0.1) is 12.0 Å². The van der Waals surface area contributed by atoms with Gasteiger partial charge in [0, 0.05) is 42.1 Å². The summed E-state index contributed by atoms with van der Waals surface area (Å²) in [4.78, 5) is 11.1. The van der Waals surface area contributed by atoms with Crippen molar-refractivity contribution in [3.8, 4) is 5.75 Å². The van der Waals surface area contributed by atoms with Crippen molar-refractivity contribution >= 4 is 34.8 Å². The minimum absolute atomic E-state index is 0.00431. The zero-order valence-corrected chi connectivity index (χ0v) is 21.4. The van der Waals surface area contributed by atoms with Crippen molar-refractivity contribution in [2.24, 2.45) is 0 Å². The summed E-state index contributed by atoms with van der Waals surface area (Å²) < 4.78 is 7.85. The zero-order chi connectivity index (χ0) is 25.6. The molecule has 5 nitrogen and oxygen atoms in total. The minimum Gasteiger partial charge on any atom is -0.550 e. The molecule has 3 aromatic rings. The van der Waals surface area contributed by atoms with Crippen LogP contribution in [-0.2, 0) is 10.2 Å². The van der Waals surface area contributed by atoms with Crippen LogP contribution >= 0.6 is 0 Å². The van der Waals surface area contributed by atoms with Gasteiger partial charge in [-0.2, -0.15) is 4.58 Å². The molecule has 0 radical (unpaired) electrons. The molecule has 1 aliphatic rings. The summed E-state index contributed by atoms with van der Waals surface area (Å²) in [6.45, 7) is 8.25. The first kappa shape index (κ1) is 25.8. The second-order valence-electron chi connectivity index (χ2n) is 8.99. The molecule has 0 amide bonds. The number of allylic oxidation sites excluding steroid dienone is 1. The van der Waals surface area contributed by atoms with Crippen LogP contribution < -0.4 is 14.7 Å². The van der Waals surface area contributed by atoms with Gasteiger partial charge in [0.1, 0.15) is 12.8 Å². The van der Waals surface area contributed by atoms with Crippen LogP contribution in [0.15, 0.2) is 78.9 Å². The Bertz CT molecular complexity index is 1220. The number of carbonyl (C=O) groups is 1. The quantitative estimate of drug-likeness (QED) is 0.457. The predicted octanol–water partition coefficient (Wildman–Crippen LogP) is 5.33. The summed E-state index contributed by atoms with van der Waals surface area (Å²) in [5, 5.41) is 8.89. The van der Waals surface area contributed by atoms with E-state index in [1.165, 1.54) is 22.5 Å². The lowest BCUT2D eigenvalue weighted by atomic mass is 9.81. The van der Waals surface area contributed by atoms with Crippen molar-refractivity contribution in [1.82, 2.24) is 0 Å². The highest BCUT2D eigenvalue weighted by Crippen LogP contribution is 2.39. The predicted molar refractivity (Wildman–Crippen MR) is 142 cm³/mol. The summed E-state index contributed by atoms with van der Waals surface area (Å²) in [5.74, 6) is -0.181. The SMILES string of the molecule is CC(=O)[O-].CCOc1ccc(N(C)c2ccc(C=CC3=[N+](C)c4ccccc4C3(C)C)cc2)cc1. The van der Waals surface area contributed by atoms with Crippen LogP contribution in [0.4, 0.5) is 17.1 Å². The van der Waals surface area contributed by atoms with Crippen LogP contribution in [0.5, 0.6) is 5.75 Å². The topological polar surface area (TPSA) is 55.6 Å². The largest absolute Gasteiger partial charge is 0.550 e. The lowest BCUT2D eigenvalue weighted by Crippen LogP contribution is -2.26. The Morgan fingerprint density at radius 3 is 2.06 bits per heavy atom. The normalized spacial score (nSPS) is 13.8. The van der Waals surface area contributed by atoms with Crippen molar-refractivity contribution in [3.05, 3.63) is 90.0 Å². The monoisotopic (exact) mass is 470 g/mol. The van der Waals surface area contributed by atoms with Crippen molar-refractivity contribution in [1.29, 1.82) is 0 Å². The lowest BCUT2D eigenvalue weighted by molar-refractivity contribution is -0.401. The number of hydrogen-bond donors (Lipinski definition) is 0. The molecule has 1 heterocycles. The summed E-state index contributed by atoms with van der Waals surface area (Å²) in [5.41, 5.74) is 7.45. The Kier molecular flexibility index (Phi) is 8.13. The van der Waals surface area contributed by atoms with E-state index in [9.17, 15) is 0 Å². The van der Waals surface area contributed by atoms with Crippen molar-refractivity contribution < 1.29 is 19.2 Å². The molecule has 3 aromatic carbocycles. The molecular weight excluding hydrogens is 436 g/mol. The maximum absolute atomic E-state index is 8.89. The fourth-order valence-electron chi connectivity index (χ4n) is 4.37. The average molecular weight is 471 g/mol. The number of fused-ring (bicyclic) bond motifs is 1. The van der Waals surface area contributed by atoms with Crippen LogP contribution in [0.2, 0.25) is 0 Å². The molecule has 0 fully saturated rings. The third-order valence-corrected chi connectivity index (χ3v) is 6.19. The molecule has 5 heteroatoms. The number of anilines is 2. The summed E-state index contributed by atoms with van der Waals surface area (Å²) in [7, 11) is 4.24. The van der Waals surface area contributed by atoms with Gasteiger partial charge in [-0.05, 0) is 75.7 Å². The number of ether oxygens (including phenoxy) is 1. The Morgan fingerprint density at radius 1 is 0.971 bits per heavy atom. The molecule has 0 atom stereocenters. The van der Waals surface area contributed by atoms with E-state index in [0.29, 0.717) is 6.61 Å². The first-order valence-electron chi connectivity index (χ1n) is 11.8. The van der Waals surface area contributed by atoms with E-state index in [1.54, 1.807) is 0 Å². The molecule has 0 aromatic heterocycles. The molecule has 0 spiro atoms. The molecule has 0 saturated heterocycles. The third-order valence-electron chi connectivity index (χ3n) is 6.19. The highest BCUT2D eigenvalue weighted by molar-refractivity contribution is 6.05. The Hall–Kier alpha value is -3.86. The maximum atomic E-state index is 8.89. The summed E-state index contributed by atoms with van der Waals surface area (Å²) in [6.07, 6.45) is 4.46. The molecule has 0 N–H and O–H groups in total. The van der Waals surface area contributed by atoms with Crippen LogP contribution in [0.1, 0.15) is 38.8 Å². The molecule has 0 aliphatic carbocycles. The summed E-state index contributed by atoms with van der Waals surface area (Å²) in [6, 6.07) is 25.6. The van der Waals surface area contributed by atoms with E-state index >= 15 is 0 Å². The van der Waals surface area contributed by atoms with E-state index < -0.39 is 5.97 Å². The number of hydrogen-bond acceptors (Lipinski definition) is 4. The van der Waals surface area contributed by atoms with E-state index in [1.807, 2.05) is 19.1 Å². The number of carbonyl (C=O) groups excluding carboxylic acids is 1. The van der Waals surface area contributed by atoms with Gasteiger partial charge in [-0.1, -0.05) is 30.3 Å². The van der Waals surface area contributed by atoms with Crippen LogP contribution in [-0.4, -0.2) is 37.0 Å². The Morgan fingerprint density at radius 2 is 1.51 bits per heavy atom. The first-order chi connectivity index (χ1) is 16.6. The van der Waals surface area contributed by atoms with Crippen molar-refractivity contribution in [2.45, 2.75) is 33.1 Å². The van der Waals surface area contributed by atoms with Crippen molar-refractivity contribution in [2.75, 3.05) is 25.6 Å². The average Bonchev–Trinajstić information content (AvgIpc) is 3.03. The van der Waals surface area contributed by atoms with E-state index in [4.69, 9.17) is 14.6 Å². The van der Waals surface area contributed by atoms with Gasteiger partial charge in [-0.3, -0.25) is 0 Å². The molecule has 0 saturated carbocycles. The summed E-state index contributed by atoms with van der Waals surface area (Å²) >= 11 is 0. The van der Waals surface area contributed by atoms with Gasteiger partial charge in [0.2, 0.25) is 5.69 Å². The van der Waals surface area contributed by atoms with Crippen LogP contribution in [0, 0.1) is 0 Å². The molecule has 4 rings (SSSR count). The van der Waals surface area contributed by atoms with Gasteiger partial charge in [0.25, 0.3) is 0 Å². The van der Waals surface area contributed by atoms with Crippen LogP contribution in [0.25, 0.3) is 6.08 Å². The molecular formula is C30H34N2O3. The molecule has 35 heavy (non-hydrogen) atoms. The van der Waals surface area contributed by atoms with E-state index in [2.05, 4.69) is 110 Å². The number of carboxylic acid groups (broad SMARTS) is 1. The zero-order valence-electron chi connectivity index (χ0n) is 21.4. The number of rotatable bonds is 6. The van der Waals surface area contributed by atoms with E-state index in [0.717, 1.165) is 24.0 Å². The van der Waals surface area contributed by atoms with E-state index in [-0.39, 0.29) is 5.41 Å². The molecule has 0 bridgehead atoms. The van der Waals surface area contributed by atoms with Gasteiger partial charge in [0.15, 0.2) is 5.71 Å². The van der Waals surface area contributed by atoms with Gasteiger partial charge >= 0.3 is 0 Å². The number of para-hydroxylation sites is 1. The van der Waals surface area contributed by atoms with Gasteiger partial charge in [-0.15, -0.1) is 0 Å². The Labute approximate surface area is 208 Å². The lowest BCUT2D eigenvalue weighted by Gasteiger charge is -2.20. The van der Waals surface area contributed by atoms with Crippen molar-refractivity contribution in [3.63, 3.8) is 0 Å². The minimum atomic E-state index is -1.08. The molecule has 1 aliphatic heterocycles. The second kappa shape index (κ2) is 11.0. The van der Waals surface area contributed by atoms with Crippen LogP contribution in [0.3, 0.4) is 0 Å². The number of carboxylic acids is 1. The fourth-order valence-corrected chi connectivity index (χ4v) is 4.37. The fraction of sp³-hybridized carbons (Fsp3) is 0.267. The maximum Gasteiger partial charge on any atom is 0.209 e. The number of nitrogens with zero attached hydrogens (tertiary/aromatic N) is 2. The third kappa shape index (κ3) is 5.99. The number of benzene rings is 3. The second-order valence-corrected chi connectivity index (χ2v) is 8.99. The molecule has 182 valence electrons.